The number of amides is 1. The molecule has 1 heterocycles. The lowest BCUT2D eigenvalue weighted by Crippen LogP contribution is -2.31. The molecule has 0 radical (unpaired) electrons. The molecule has 4 heteroatoms. The summed E-state index contributed by atoms with van der Waals surface area (Å²) in [6.07, 6.45) is 0. The third-order valence-corrected chi connectivity index (χ3v) is 6.19. The molecular weight excluding hydrogens is 366 g/mol. The van der Waals surface area contributed by atoms with E-state index in [9.17, 15) is 4.79 Å². The molecule has 0 aliphatic carbocycles. The number of nitrogens with zero attached hydrogens (tertiary/aromatic N) is 1. The van der Waals surface area contributed by atoms with Crippen LogP contribution in [0.2, 0.25) is 0 Å². The fourth-order valence-corrected chi connectivity index (χ4v) is 4.74. The number of para-hydroxylation sites is 1. The largest absolute Gasteiger partial charge is 0.489 e. The minimum atomic E-state index is -0.0286. The van der Waals surface area contributed by atoms with Crippen LogP contribution in [0.15, 0.2) is 78.9 Å². The maximum absolute atomic E-state index is 13.2. The zero-order valence-corrected chi connectivity index (χ0v) is 16.7. The molecular formula is C24H23NO2S. The molecule has 1 unspecified atom stereocenters. The Kier molecular flexibility index (Phi) is 5.68. The van der Waals surface area contributed by atoms with Gasteiger partial charge in [0.25, 0.3) is 5.91 Å². The number of rotatable bonds is 5. The zero-order valence-electron chi connectivity index (χ0n) is 15.9. The number of carbonyl (C=O) groups is 1. The number of thioether (sulfide) groups is 1. The third kappa shape index (κ3) is 3.92. The molecule has 3 aromatic carbocycles. The van der Waals surface area contributed by atoms with Gasteiger partial charge in [0.05, 0.1) is 0 Å². The molecule has 0 saturated carbocycles. The van der Waals surface area contributed by atoms with Gasteiger partial charge in [0.2, 0.25) is 0 Å². The van der Waals surface area contributed by atoms with Gasteiger partial charge in [-0.3, -0.25) is 4.79 Å². The Morgan fingerprint density at radius 3 is 2.54 bits per heavy atom. The fraction of sp³-hybridized carbons (Fsp3) is 0.208. The van der Waals surface area contributed by atoms with Gasteiger partial charge in [0, 0.05) is 23.4 Å². The van der Waals surface area contributed by atoms with E-state index in [1.54, 1.807) is 11.8 Å². The second-order valence-corrected chi connectivity index (χ2v) is 8.04. The van der Waals surface area contributed by atoms with E-state index < -0.39 is 0 Å². The summed E-state index contributed by atoms with van der Waals surface area (Å²) in [6.45, 7) is 3.25. The predicted molar refractivity (Wildman–Crippen MR) is 115 cm³/mol. The number of aryl methyl sites for hydroxylation is 1. The summed E-state index contributed by atoms with van der Waals surface area (Å²) in [6, 6.07) is 26.0. The summed E-state index contributed by atoms with van der Waals surface area (Å²) in [5.74, 6) is 1.86. The maximum atomic E-state index is 13.2. The second-order valence-electron chi connectivity index (χ2n) is 6.85. The zero-order chi connectivity index (χ0) is 19.3. The first-order valence-electron chi connectivity index (χ1n) is 9.48. The van der Waals surface area contributed by atoms with Crippen LogP contribution in [-0.2, 0) is 6.61 Å². The highest BCUT2D eigenvalue weighted by molar-refractivity contribution is 7.99. The van der Waals surface area contributed by atoms with Crippen molar-refractivity contribution in [3.63, 3.8) is 0 Å². The molecule has 1 fully saturated rings. The van der Waals surface area contributed by atoms with Crippen molar-refractivity contribution in [2.45, 2.75) is 18.9 Å². The molecule has 1 aliphatic heterocycles. The van der Waals surface area contributed by atoms with Gasteiger partial charge in [-0.2, -0.15) is 0 Å². The van der Waals surface area contributed by atoms with Crippen LogP contribution in [0.5, 0.6) is 5.75 Å². The summed E-state index contributed by atoms with van der Waals surface area (Å²) in [4.78, 5) is 15.2. The van der Waals surface area contributed by atoms with Crippen LogP contribution in [0.4, 0.5) is 0 Å². The standard InChI is InChI=1S/C24H23NO2S/c1-18-9-5-6-12-20(18)23(26)25-15-16-28-24(25)21-13-7-8-14-22(21)27-17-19-10-3-2-4-11-19/h2-14,24H,15-17H2,1H3. The molecule has 0 bridgehead atoms. The van der Waals surface area contributed by atoms with Crippen molar-refractivity contribution in [3.05, 3.63) is 101 Å². The van der Waals surface area contributed by atoms with E-state index in [4.69, 9.17) is 4.74 Å². The van der Waals surface area contributed by atoms with E-state index in [2.05, 4.69) is 18.2 Å². The number of benzene rings is 3. The summed E-state index contributed by atoms with van der Waals surface area (Å²) >= 11 is 1.79. The molecule has 1 amide bonds. The lowest BCUT2D eigenvalue weighted by molar-refractivity contribution is 0.0758. The molecule has 1 aliphatic rings. The molecule has 3 aromatic rings. The molecule has 142 valence electrons. The number of hydrogen-bond acceptors (Lipinski definition) is 3. The molecule has 1 atom stereocenters. The molecule has 3 nitrogen and oxygen atoms in total. The Morgan fingerprint density at radius 1 is 1.00 bits per heavy atom. The van der Waals surface area contributed by atoms with E-state index in [1.807, 2.05) is 72.5 Å². The first-order valence-corrected chi connectivity index (χ1v) is 10.5. The molecule has 0 aromatic heterocycles. The SMILES string of the molecule is Cc1ccccc1C(=O)N1CCSC1c1ccccc1OCc1ccccc1. The average Bonchev–Trinajstić information content (AvgIpc) is 3.23. The minimum Gasteiger partial charge on any atom is -0.489 e. The van der Waals surface area contributed by atoms with Crippen LogP contribution in [0.3, 0.4) is 0 Å². The van der Waals surface area contributed by atoms with Gasteiger partial charge in [-0.1, -0.05) is 66.7 Å². The summed E-state index contributed by atoms with van der Waals surface area (Å²) in [7, 11) is 0. The van der Waals surface area contributed by atoms with Gasteiger partial charge in [0.15, 0.2) is 0 Å². The van der Waals surface area contributed by atoms with Gasteiger partial charge in [-0.05, 0) is 30.2 Å². The lowest BCUT2D eigenvalue weighted by atomic mass is 10.1. The Bertz CT molecular complexity index is 958. The number of hydrogen-bond donors (Lipinski definition) is 0. The van der Waals surface area contributed by atoms with Crippen LogP contribution in [0, 0.1) is 6.92 Å². The lowest BCUT2D eigenvalue weighted by Gasteiger charge is -2.26. The Hall–Kier alpha value is -2.72. The van der Waals surface area contributed by atoms with Crippen molar-refractivity contribution < 1.29 is 9.53 Å². The average molecular weight is 390 g/mol. The number of carbonyl (C=O) groups excluding carboxylic acids is 1. The highest BCUT2D eigenvalue weighted by atomic mass is 32.2. The Labute approximate surface area is 170 Å². The quantitative estimate of drug-likeness (QED) is 0.580. The maximum Gasteiger partial charge on any atom is 0.255 e. The minimum absolute atomic E-state index is 0.0286. The molecule has 1 saturated heterocycles. The van der Waals surface area contributed by atoms with E-state index in [0.29, 0.717) is 6.61 Å². The van der Waals surface area contributed by atoms with Gasteiger partial charge >= 0.3 is 0 Å². The number of ether oxygens (including phenoxy) is 1. The van der Waals surface area contributed by atoms with Crippen LogP contribution < -0.4 is 4.74 Å². The van der Waals surface area contributed by atoms with Crippen LogP contribution in [0.1, 0.15) is 32.4 Å². The summed E-state index contributed by atoms with van der Waals surface area (Å²) in [5, 5.41) is -0.0286. The Morgan fingerprint density at radius 2 is 1.71 bits per heavy atom. The van der Waals surface area contributed by atoms with Crippen molar-refractivity contribution >= 4 is 17.7 Å². The van der Waals surface area contributed by atoms with E-state index >= 15 is 0 Å². The highest BCUT2D eigenvalue weighted by Gasteiger charge is 2.33. The monoisotopic (exact) mass is 389 g/mol. The third-order valence-electron chi connectivity index (χ3n) is 4.95. The molecule has 0 N–H and O–H groups in total. The highest BCUT2D eigenvalue weighted by Crippen LogP contribution is 2.42. The van der Waals surface area contributed by atoms with Crippen LogP contribution in [0.25, 0.3) is 0 Å². The van der Waals surface area contributed by atoms with Crippen molar-refractivity contribution in [1.29, 1.82) is 0 Å². The smallest absolute Gasteiger partial charge is 0.255 e. The van der Waals surface area contributed by atoms with Gasteiger partial charge in [0.1, 0.15) is 17.7 Å². The second kappa shape index (κ2) is 8.53. The van der Waals surface area contributed by atoms with Crippen molar-refractivity contribution in [1.82, 2.24) is 4.90 Å². The predicted octanol–water partition coefficient (Wildman–Crippen LogP) is 5.46. The van der Waals surface area contributed by atoms with E-state index in [-0.39, 0.29) is 11.3 Å². The summed E-state index contributed by atoms with van der Waals surface area (Å²) < 4.78 is 6.14. The van der Waals surface area contributed by atoms with Gasteiger partial charge in [-0.15, -0.1) is 11.8 Å². The normalized spacial score (nSPS) is 16.2. The topological polar surface area (TPSA) is 29.5 Å². The van der Waals surface area contributed by atoms with Gasteiger partial charge < -0.3 is 9.64 Å². The van der Waals surface area contributed by atoms with E-state index in [0.717, 1.165) is 40.3 Å². The van der Waals surface area contributed by atoms with Crippen molar-refractivity contribution in [3.8, 4) is 5.75 Å². The first kappa shape index (κ1) is 18.6. The Balaban J connectivity index is 1.58. The van der Waals surface area contributed by atoms with E-state index in [1.165, 1.54) is 0 Å². The van der Waals surface area contributed by atoms with Crippen molar-refractivity contribution in [2.24, 2.45) is 0 Å². The van der Waals surface area contributed by atoms with Crippen molar-refractivity contribution in [2.75, 3.05) is 12.3 Å². The summed E-state index contributed by atoms with van der Waals surface area (Å²) in [5.41, 5.74) is 3.97. The molecule has 4 rings (SSSR count). The molecule has 0 spiro atoms. The molecule has 28 heavy (non-hydrogen) atoms. The van der Waals surface area contributed by atoms with Crippen LogP contribution in [-0.4, -0.2) is 23.1 Å². The van der Waals surface area contributed by atoms with Gasteiger partial charge in [-0.25, -0.2) is 0 Å². The fourth-order valence-electron chi connectivity index (χ4n) is 3.45. The first-order chi connectivity index (χ1) is 13.7. The van der Waals surface area contributed by atoms with Crippen LogP contribution >= 0.6 is 11.8 Å².